The van der Waals surface area contributed by atoms with Crippen molar-refractivity contribution in [2.24, 2.45) is 0 Å². The molecule has 5 nitrogen and oxygen atoms in total. The molecule has 0 aromatic heterocycles. The van der Waals surface area contributed by atoms with Crippen LogP contribution >= 0.6 is 0 Å². The molecule has 0 aliphatic carbocycles. The number of para-hydroxylation sites is 1. The van der Waals surface area contributed by atoms with Gasteiger partial charge in [-0.1, -0.05) is 18.2 Å². The van der Waals surface area contributed by atoms with Crippen LogP contribution in [-0.2, 0) is 4.79 Å². The molecule has 1 aromatic carbocycles. The van der Waals surface area contributed by atoms with Crippen LogP contribution in [0.2, 0.25) is 0 Å². The average Bonchev–Trinajstić information content (AvgIpc) is 2.54. The van der Waals surface area contributed by atoms with Crippen molar-refractivity contribution >= 4 is 17.6 Å². The van der Waals surface area contributed by atoms with E-state index in [4.69, 9.17) is 0 Å². The maximum atomic E-state index is 12.0. The zero-order valence-electron chi connectivity index (χ0n) is 9.68. The average molecular weight is 231 g/mol. The van der Waals surface area contributed by atoms with Crippen LogP contribution in [0.4, 0.5) is 10.5 Å². The van der Waals surface area contributed by atoms with Gasteiger partial charge in [-0.15, -0.1) is 0 Å². The van der Waals surface area contributed by atoms with Crippen LogP contribution in [0.5, 0.6) is 0 Å². The Morgan fingerprint density at radius 3 is 2.41 bits per heavy atom. The lowest BCUT2D eigenvalue weighted by Gasteiger charge is -2.11. The number of amides is 3. The molecule has 5 heteroatoms. The second-order valence-corrected chi connectivity index (χ2v) is 3.91. The first-order valence-electron chi connectivity index (χ1n) is 5.18. The van der Waals surface area contributed by atoms with E-state index in [1.165, 1.54) is 0 Å². The van der Waals surface area contributed by atoms with Gasteiger partial charge in [0, 0.05) is 20.3 Å². The molecule has 0 saturated carbocycles. The Morgan fingerprint density at radius 1 is 1.18 bits per heavy atom. The Kier molecular flexibility index (Phi) is 2.82. The van der Waals surface area contributed by atoms with Gasteiger partial charge in [-0.05, 0) is 12.1 Å². The van der Waals surface area contributed by atoms with Gasteiger partial charge in [-0.2, -0.15) is 0 Å². The molecule has 1 aliphatic heterocycles. The fourth-order valence-corrected chi connectivity index (χ4v) is 1.59. The lowest BCUT2D eigenvalue weighted by atomic mass is 10.3. The molecule has 1 saturated heterocycles. The van der Waals surface area contributed by atoms with E-state index >= 15 is 0 Å². The molecule has 0 bridgehead atoms. The Morgan fingerprint density at radius 2 is 1.82 bits per heavy atom. The highest BCUT2D eigenvalue weighted by Crippen LogP contribution is 2.20. The summed E-state index contributed by atoms with van der Waals surface area (Å²) >= 11 is 0. The van der Waals surface area contributed by atoms with E-state index in [1.807, 2.05) is 6.07 Å². The first-order chi connectivity index (χ1) is 8.09. The van der Waals surface area contributed by atoms with Crippen molar-refractivity contribution < 1.29 is 9.59 Å². The van der Waals surface area contributed by atoms with Crippen molar-refractivity contribution in [3.05, 3.63) is 42.2 Å². The van der Waals surface area contributed by atoms with Gasteiger partial charge in [0.15, 0.2) is 0 Å². The standard InChI is InChI=1S/C12H13N3O2/c1-14(2)8-10-11(16)15(12(17)13-10)9-6-4-3-5-7-9/h3-8H,1-2H3,(H,13,17). The number of benzene rings is 1. The molecule has 1 fully saturated rings. The molecular formula is C12H13N3O2. The Hall–Kier alpha value is -2.30. The van der Waals surface area contributed by atoms with Crippen LogP contribution in [0.1, 0.15) is 0 Å². The molecule has 88 valence electrons. The van der Waals surface area contributed by atoms with Gasteiger partial charge >= 0.3 is 6.03 Å². The third kappa shape index (κ3) is 2.13. The van der Waals surface area contributed by atoms with E-state index < -0.39 is 6.03 Å². The van der Waals surface area contributed by atoms with E-state index in [0.29, 0.717) is 5.69 Å². The van der Waals surface area contributed by atoms with E-state index in [0.717, 1.165) is 4.90 Å². The first-order valence-corrected chi connectivity index (χ1v) is 5.18. The van der Waals surface area contributed by atoms with Gasteiger partial charge in [-0.3, -0.25) is 4.79 Å². The monoisotopic (exact) mass is 231 g/mol. The summed E-state index contributed by atoms with van der Waals surface area (Å²) in [6.45, 7) is 0. The third-order valence-corrected chi connectivity index (χ3v) is 2.28. The Balaban J connectivity index is 2.33. The highest BCUT2D eigenvalue weighted by atomic mass is 16.2. The van der Waals surface area contributed by atoms with Crippen LogP contribution in [-0.4, -0.2) is 30.9 Å². The lowest BCUT2D eigenvalue weighted by Crippen LogP contribution is -2.30. The maximum absolute atomic E-state index is 12.0. The predicted molar refractivity (Wildman–Crippen MR) is 64.2 cm³/mol. The summed E-state index contributed by atoms with van der Waals surface area (Å²) in [5.41, 5.74) is 0.848. The van der Waals surface area contributed by atoms with Crippen LogP contribution < -0.4 is 10.2 Å². The summed E-state index contributed by atoms with van der Waals surface area (Å²) in [5, 5.41) is 2.54. The number of nitrogens with zero attached hydrogens (tertiary/aromatic N) is 2. The fourth-order valence-electron chi connectivity index (χ4n) is 1.59. The Labute approximate surface area is 99.3 Å². The van der Waals surface area contributed by atoms with Crippen LogP contribution in [0.25, 0.3) is 0 Å². The second kappa shape index (κ2) is 4.29. The molecule has 0 radical (unpaired) electrons. The number of urea groups is 1. The summed E-state index contributed by atoms with van der Waals surface area (Å²) < 4.78 is 0. The molecule has 1 aliphatic rings. The first kappa shape index (κ1) is 11.2. The molecule has 0 atom stereocenters. The number of carbonyl (C=O) groups is 2. The minimum Gasteiger partial charge on any atom is -0.382 e. The molecule has 0 unspecified atom stereocenters. The van der Waals surface area contributed by atoms with Crippen LogP contribution in [0.15, 0.2) is 42.2 Å². The third-order valence-electron chi connectivity index (χ3n) is 2.28. The number of imide groups is 1. The van der Waals surface area contributed by atoms with E-state index in [2.05, 4.69) is 5.32 Å². The summed E-state index contributed by atoms with van der Waals surface area (Å²) in [6.07, 6.45) is 1.59. The second-order valence-electron chi connectivity index (χ2n) is 3.91. The number of hydrogen-bond donors (Lipinski definition) is 1. The predicted octanol–water partition coefficient (Wildman–Crippen LogP) is 1.15. The quantitative estimate of drug-likeness (QED) is 0.613. The smallest absolute Gasteiger partial charge is 0.333 e. The molecular weight excluding hydrogens is 218 g/mol. The van der Waals surface area contributed by atoms with Crippen molar-refractivity contribution in [1.29, 1.82) is 0 Å². The highest BCUT2D eigenvalue weighted by Gasteiger charge is 2.34. The normalized spacial score (nSPS) is 17.5. The lowest BCUT2D eigenvalue weighted by molar-refractivity contribution is -0.114. The van der Waals surface area contributed by atoms with Gasteiger partial charge < -0.3 is 10.2 Å². The van der Waals surface area contributed by atoms with Gasteiger partial charge in [0.2, 0.25) is 0 Å². The van der Waals surface area contributed by atoms with Gasteiger partial charge in [0.25, 0.3) is 5.91 Å². The van der Waals surface area contributed by atoms with Crippen LogP contribution in [0.3, 0.4) is 0 Å². The van der Waals surface area contributed by atoms with Gasteiger partial charge in [-0.25, -0.2) is 9.69 Å². The minimum atomic E-state index is -0.422. The van der Waals surface area contributed by atoms with E-state index in [-0.39, 0.29) is 11.6 Å². The number of nitrogens with one attached hydrogen (secondary N) is 1. The van der Waals surface area contributed by atoms with Crippen molar-refractivity contribution in [2.45, 2.75) is 0 Å². The number of carbonyl (C=O) groups excluding carboxylic acids is 2. The maximum Gasteiger partial charge on any atom is 0.333 e. The fraction of sp³-hybridized carbons (Fsp3) is 0.167. The van der Waals surface area contributed by atoms with Gasteiger partial charge in [0.1, 0.15) is 5.70 Å². The molecule has 3 amide bonds. The highest BCUT2D eigenvalue weighted by molar-refractivity contribution is 6.26. The number of anilines is 1. The Bertz CT molecular complexity index is 480. The zero-order valence-corrected chi connectivity index (χ0v) is 9.68. The molecule has 17 heavy (non-hydrogen) atoms. The summed E-state index contributed by atoms with van der Waals surface area (Å²) in [4.78, 5) is 26.5. The number of rotatable bonds is 2. The molecule has 1 N–H and O–H groups in total. The van der Waals surface area contributed by atoms with Crippen molar-refractivity contribution in [1.82, 2.24) is 10.2 Å². The van der Waals surface area contributed by atoms with Crippen molar-refractivity contribution in [2.75, 3.05) is 19.0 Å². The van der Waals surface area contributed by atoms with Crippen molar-refractivity contribution in [3.63, 3.8) is 0 Å². The largest absolute Gasteiger partial charge is 0.382 e. The van der Waals surface area contributed by atoms with Crippen molar-refractivity contribution in [3.8, 4) is 0 Å². The van der Waals surface area contributed by atoms with Crippen LogP contribution in [0, 0.1) is 0 Å². The molecule has 2 rings (SSSR count). The van der Waals surface area contributed by atoms with E-state index in [9.17, 15) is 9.59 Å². The molecule has 1 heterocycles. The molecule has 0 spiro atoms. The summed E-state index contributed by atoms with van der Waals surface area (Å²) in [7, 11) is 3.58. The summed E-state index contributed by atoms with van der Waals surface area (Å²) in [5.74, 6) is -0.338. The number of hydrogen-bond acceptors (Lipinski definition) is 3. The SMILES string of the molecule is CN(C)C=C1NC(=O)N(c2ccccc2)C1=O. The minimum absolute atomic E-state index is 0.281. The summed E-state index contributed by atoms with van der Waals surface area (Å²) in [6, 6.07) is 8.41. The van der Waals surface area contributed by atoms with E-state index in [1.54, 1.807) is 49.5 Å². The van der Waals surface area contributed by atoms with Gasteiger partial charge in [0.05, 0.1) is 5.69 Å². The molecule has 1 aromatic rings. The zero-order chi connectivity index (χ0) is 12.4. The topological polar surface area (TPSA) is 52.7 Å².